The summed E-state index contributed by atoms with van der Waals surface area (Å²) in [6.45, 7) is 7.01. The van der Waals surface area contributed by atoms with E-state index in [1.54, 1.807) is 24.3 Å². The summed E-state index contributed by atoms with van der Waals surface area (Å²) in [7, 11) is -3.90. The summed E-state index contributed by atoms with van der Waals surface area (Å²) in [6, 6.07) is 18.2. The molecule has 0 unspecified atom stereocenters. The first-order valence-electron chi connectivity index (χ1n) is 10.3. The van der Waals surface area contributed by atoms with Crippen LogP contribution in [0.3, 0.4) is 0 Å². The van der Waals surface area contributed by atoms with Gasteiger partial charge in [-0.1, -0.05) is 73.7 Å². The highest BCUT2D eigenvalue weighted by Crippen LogP contribution is 2.31. The molecule has 0 fully saturated rings. The van der Waals surface area contributed by atoms with Gasteiger partial charge in [-0.3, -0.25) is 0 Å². The summed E-state index contributed by atoms with van der Waals surface area (Å²) < 4.78 is 40.3. The molecule has 0 radical (unpaired) electrons. The fraction of sp³-hybridized carbons (Fsp3) is 0.455. The van der Waals surface area contributed by atoms with Gasteiger partial charge in [0.2, 0.25) is 10.0 Å². The van der Waals surface area contributed by atoms with Gasteiger partial charge in [-0.05, 0) is 54.5 Å². The molecule has 0 amide bonds. The van der Waals surface area contributed by atoms with E-state index in [1.807, 2.05) is 12.1 Å². The van der Waals surface area contributed by atoms with E-state index in [-0.39, 0.29) is 17.6 Å². The Morgan fingerprint density at radius 3 is 2.30 bits per heavy atom. The Balaban J connectivity index is 2.20. The van der Waals surface area contributed by atoms with Gasteiger partial charge < -0.3 is 9.16 Å². The van der Waals surface area contributed by atoms with Crippen LogP contribution in [0.2, 0.25) is 18.1 Å². The molecule has 2 aromatic carbocycles. The fourth-order valence-electron chi connectivity index (χ4n) is 3.44. The Labute approximate surface area is 195 Å². The van der Waals surface area contributed by atoms with Crippen LogP contribution in [-0.2, 0) is 21.1 Å². The van der Waals surface area contributed by atoms with E-state index in [2.05, 4.69) is 60.2 Å². The molecule has 1 atom stereocenters. The first-order valence-corrected chi connectivity index (χ1v) is 15.9. The second-order valence-corrected chi connectivity index (χ2v) is 14.7. The van der Waals surface area contributed by atoms with Crippen LogP contribution < -0.4 is 9.46 Å². The quantitative estimate of drug-likeness (QED) is 0.206. The Kier molecular flexibility index (Phi) is 9.80. The maximum absolute atomic E-state index is 12.2. The van der Waals surface area contributed by atoms with Crippen molar-refractivity contribution in [3.63, 3.8) is 0 Å². The number of hydrogen-bond acceptors (Lipinski definition) is 4. The van der Waals surface area contributed by atoms with Gasteiger partial charge in [-0.2, -0.15) is 0 Å². The van der Waals surface area contributed by atoms with Crippen molar-refractivity contribution in [2.24, 2.45) is 0 Å². The van der Waals surface area contributed by atoms with Crippen LogP contribution in [-0.4, -0.2) is 28.2 Å². The SMILES string of the molecule is CC[Si](CC)(CC)O[C@@H](CI)c1cccc(COc2ccccc2S(=O)(=O)NC)c1. The predicted molar refractivity (Wildman–Crippen MR) is 133 cm³/mol. The molecule has 1 N–H and O–H groups in total. The van der Waals surface area contributed by atoms with E-state index in [9.17, 15) is 8.42 Å². The van der Waals surface area contributed by atoms with Gasteiger partial charge in [0.25, 0.3) is 0 Å². The van der Waals surface area contributed by atoms with Gasteiger partial charge in [0.15, 0.2) is 8.32 Å². The topological polar surface area (TPSA) is 64.6 Å². The summed E-state index contributed by atoms with van der Waals surface area (Å²) in [5.74, 6) is 0.341. The molecule has 30 heavy (non-hydrogen) atoms. The van der Waals surface area contributed by atoms with Gasteiger partial charge in [-0.25, -0.2) is 13.1 Å². The number of sulfonamides is 1. The number of nitrogens with one attached hydrogen (secondary N) is 1. The number of benzene rings is 2. The lowest BCUT2D eigenvalue weighted by Gasteiger charge is -2.33. The molecule has 0 saturated carbocycles. The van der Waals surface area contributed by atoms with Crippen LogP contribution >= 0.6 is 22.6 Å². The summed E-state index contributed by atoms with van der Waals surface area (Å²) >= 11 is 2.39. The zero-order valence-corrected chi connectivity index (χ0v) is 22.1. The summed E-state index contributed by atoms with van der Waals surface area (Å²) in [5.41, 5.74) is 2.13. The van der Waals surface area contributed by atoms with Crippen LogP contribution in [0.25, 0.3) is 0 Å². The minimum Gasteiger partial charge on any atom is -0.487 e. The minimum atomic E-state index is -3.58. The zero-order valence-electron chi connectivity index (χ0n) is 18.2. The van der Waals surface area contributed by atoms with Crippen molar-refractivity contribution in [3.05, 3.63) is 59.7 Å². The molecule has 0 saturated heterocycles. The van der Waals surface area contributed by atoms with Crippen LogP contribution in [0.15, 0.2) is 53.4 Å². The molecule has 0 aliphatic rings. The van der Waals surface area contributed by atoms with E-state index in [0.717, 1.165) is 33.7 Å². The van der Waals surface area contributed by atoms with Crippen LogP contribution in [0.4, 0.5) is 0 Å². The van der Waals surface area contributed by atoms with E-state index in [4.69, 9.17) is 9.16 Å². The molecule has 5 nitrogen and oxygen atoms in total. The molecule has 0 aliphatic heterocycles. The van der Waals surface area contributed by atoms with Crippen molar-refractivity contribution < 1.29 is 17.6 Å². The Hall–Kier alpha value is -0.943. The average molecular weight is 562 g/mol. The Morgan fingerprint density at radius 1 is 1.03 bits per heavy atom. The van der Waals surface area contributed by atoms with E-state index < -0.39 is 18.3 Å². The molecule has 0 aromatic heterocycles. The highest BCUT2D eigenvalue weighted by molar-refractivity contribution is 14.1. The molecule has 2 aromatic rings. The van der Waals surface area contributed by atoms with Crippen molar-refractivity contribution in [1.82, 2.24) is 4.72 Å². The van der Waals surface area contributed by atoms with Crippen molar-refractivity contribution in [3.8, 4) is 5.75 Å². The lowest BCUT2D eigenvalue weighted by atomic mass is 10.1. The second-order valence-electron chi connectivity index (χ2n) is 7.19. The van der Waals surface area contributed by atoms with Crippen molar-refractivity contribution >= 4 is 40.9 Å². The predicted octanol–water partition coefficient (Wildman–Crippen LogP) is 5.67. The Morgan fingerprint density at radius 2 is 1.70 bits per heavy atom. The number of alkyl halides is 1. The highest BCUT2D eigenvalue weighted by Gasteiger charge is 2.32. The first-order chi connectivity index (χ1) is 14.3. The third-order valence-corrected chi connectivity index (χ3v) is 12.5. The Bertz CT molecular complexity index is 911. The minimum absolute atomic E-state index is 0.0639. The molecular weight excluding hydrogens is 529 g/mol. The van der Waals surface area contributed by atoms with Crippen LogP contribution in [0, 0.1) is 0 Å². The van der Waals surface area contributed by atoms with Crippen LogP contribution in [0.1, 0.15) is 38.0 Å². The van der Waals surface area contributed by atoms with Gasteiger partial charge in [0.1, 0.15) is 17.3 Å². The molecule has 8 heteroatoms. The molecule has 2 rings (SSSR count). The van der Waals surface area contributed by atoms with Crippen molar-refractivity contribution in [2.45, 2.75) is 56.5 Å². The monoisotopic (exact) mass is 561 g/mol. The lowest BCUT2D eigenvalue weighted by Crippen LogP contribution is -2.37. The first kappa shape index (κ1) is 25.3. The number of halogens is 1. The summed E-state index contributed by atoms with van der Waals surface area (Å²) in [6.07, 6.45) is 0.0639. The lowest BCUT2D eigenvalue weighted by molar-refractivity contribution is 0.217. The molecule has 166 valence electrons. The van der Waals surface area contributed by atoms with Crippen molar-refractivity contribution in [2.75, 3.05) is 11.5 Å². The molecular formula is C22H32INO4SSi. The van der Waals surface area contributed by atoms with Crippen LogP contribution in [0.5, 0.6) is 5.75 Å². The number of hydrogen-bond donors (Lipinski definition) is 1. The molecule has 0 aliphatic carbocycles. The fourth-order valence-corrected chi connectivity index (χ4v) is 8.16. The summed E-state index contributed by atoms with van der Waals surface area (Å²) in [5, 5.41) is 0. The zero-order chi connectivity index (χ0) is 22.2. The number of rotatable bonds is 12. The molecule has 0 heterocycles. The van der Waals surface area contributed by atoms with Gasteiger partial charge in [-0.15, -0.1) is 0 Å². The van der Waals surface area contributed by atoms with E-state index in [0.29, 0.717) is 5.75 Å². The standard InChI is InChI=1S/C22H32INO4SSi/c1-5-30(6-2,7-3)28-21(16-23)19-12-10-11-18(15-19)17-27-20-13-8-9-14-22(20)29(25,26)24-4/h8-15,21,24H,5-7,16-17H2,1-4H3/t21-/m0/s1. The third kappa shape index (κ3) is 6.29. The number of ether oxygens (including phenoxy) is 1. The third-order valence-electron chi connectivity index (χ3n) is 5.59. The maximum Gasteiger partial charge on any atom is 0.243 e. The number of para-hydroxylation sites is 1. The highest BCUT2D eigenvalue weighted by atomic mass is 127. The van der Waals surface area contributed by atoms with Gasteiger partial charge >= 0.3 is 0 Å². The van der Waals surface area contributed by atoms with Gasteiger partial charge in [0.05, 0.1) is 6.10 Å². The van der Waals surface area contributed by atoms with Gasteiger partial charge in [0, 0.05) is 4.43 Å². The summed E-state index contributed by atoms with van der Waals surface area (Å²) in [4.78, 5) is 0.141. The molecule has 0 bridgehead atoms. The van der Waals surface area contributed by atoms with E-state index in [1.165, 1.54) is 7.05 Å². The normalized spacial score (nSPS) is 13.2. The smallest absolute Gasteiger partial charge is 0.243 e. The maximum atomic E-state index is 12.2. The largest absolute Gasteiger partial charge is 0.487 e. The average Bonchev–Trinajstić information content (AvgIpc) is 2.79. The van der Waals surface area contributed by atoms with Crippen molar-refractivity contribution in [1.29, 1.82) is 0 Å². The second kappa shape index (κ2) is 11.6. The van der Waals surface area contributed by atoms with E-state index >= 15 is 0 Å². The molecule has 0 spiro atoms.